The third kappa shape index (κ3) is 2.90. The molecule has 0 radical (unpaired) electrons. The molecule has 0 spiro atoms. The summed E-state index contributed by atoms with van der Waals surface area (Å²) in [5.41, 5.74) is 7.94. The maximum Gasteiger partial charge on any atom is 0.176 e. The summed E-state index contributed by atoms with van der Waals surface area (Å²) in [6, 6.07) is 5.04. The van der Waals surface area contributed by atoms with Crippen molar-refractivity contribution in [3.05, 3.63) is 45.1 Å². The Kier molecular flexibility index (Phi) is 5.28. The van der Waals surface area contributed by atoms with Crippen LogP contribution in [0.4, 0.5) is 0 Å². The number of methoxy groups -OCH3 is 1. The van der Waals surface area contributed by atoms with Gasteiger partial charge in [0.05, 0.1) is 18.2 Å². The molecule has 1 heterocycles. The molecule has 1 aromatic carbocycles. The van der Waals surface area contributed by atoms with Crippen molar-refractivity contribution in [1.82, 2.24) is 0 Å². The van der Waals surface area contributed by atoms with Gasteiger partial charge in [-0.3, -0.25) is 0 Å². The second kappa shape index (κ2) is 6.29. The highest BCUT2D eigenvalue weighted by Crippen LogP contribution is 2.37. The predicted octanol–water partition coefficient (Wildman–Crippen LogP) is 3.59. The highest BCUT2D eigenvalue weighted by atomic mass is 35.5. The molecule has 2 aromatic rings. The fraction of sp³-hybridized carbons (Fsp3) is 0.167. The minimum Gasteiger partial charge on any atom is -0.503 e. The van der Waals surface area contributed by atoms with Gasteiger partial charge in [0, 0.05) is 0 Å². The van der Waals surface area contributed by atoms with E-state index >= 15 is 0 Å². The van der Waals surface area contributed by atoms with E-state index in [0.29, 0.717) is 5.75 Å². The normalized spacial score (nSPS) is 11.7. The van der Waals surface area contributed by atoms with E-state index in [1.165, 1.54) is 7.11 Å². The number of ether oxygens (including phenoxy) is 1. The van der Waals surface area contributed by atoms with E-state index in [1.54, 1.807) is 23.5 Å². The first kappa shape index (κ1) is 15.1. The molecular weight excluding hydrogens is 293 g/mol. The molecule has 0 aliphatic carbocycles. The van der Waals surface area contributed by atoms with Crippen LogP contribution in [0.1, 0.15) is 17.2 Å². The van der Waals surface area contributed by atoms with E-state index in [4.69, 9.17) is 22.1 Å². The van der Waals surface area contributed by atoms with Crippen LogP contribution in [-0.4, -0.2) is 12.2 Å². The maximum atomic E-state index is 9.64. The lowest BCUT2D eigenvalue weighted by Gasteiger charge is -2.13. The standard InChI is InChI=1S/C12H12ClNO2S.ClH/c1-16-10-5-8(4-9(13)12(10)15)11(14)7-2-3-17-6-7;/h2-6,11,15H,14H2,1H3;1H/t11-;/m0./s1. The monoisotopic (exact) mass is 305 g/mol. The molecule has 0 unspecified atom stereocenters. The Hall–Kier alpha value is -0.940. The zero-order valence-electron chi connectivity index (χ0n) is 9.59. The van der Waals surface area contributed by atoms with Gasteiger partial charge in [0.1, 0.15) is 0 Å². The molecule has 3 nitrogen and oxygen atoms in total. The van der Waals surface area contributed by atoms with Crippen LogP contribution in [0.3, 0.4) is 0 Å². The number of benzene rings is 1. The summed E-state index contributed by atoms with van der Waals surface area (Å²) in [6.45, 7) is 0. The van der Waals surface area contributed by atoms with Gasteiger partial charge in [0.2, 0.25) is 0 Å². The number of hydrogen-bond acceptors (Lipinski definition) is 4. The van der Waals surface area contributed by atoms with Crippen LogP contribution in [0.15, 0.2) is 29.0 Å². The van der Waals surface area contributed by atoms with Crippen LogP contribution in [0, 0.1) is 0 Å². The fourth-order valence-corrected chi connectivity index (χ4v) is 2.49. The van der Waals surface area contributed by atoms with Crippen molar-refractivity contribution in [2.75, 3.05) is 7.11 Å². The highest BCUT2D eigenvalue weighted by molar-refractivity contribution is 7.08. The molecule has 0 saturated carbocycles. The summed E-state index contributed by atoms with van der Waals surface area (Å²) < 4.78 is 5.05. The Labute approximate surface area is 121 Å². The molecule has 0 bridgehead atoms. The summed E-state index contributed by atoms with van der Waals surface area (Å²) >= 11 is 7.51. The Morgan fingerprint density at radius 2 is 2.11 bits per heavy atom. The van der Waals surface area contributed by atoms with Crippen LogP contribution in [-0.2, 0) is 0 Å². The van der Waals surface area contributed by atoms with E-state index in [-0.39, 0.29) is 29.2 Å². The van der Waals surface area contributed by atoms with Gasteiger partial charge in [-0.15, -0.1) is 12.4 Å². The van der Waals surface area contributed by atoms with E-state index in [1.807, 2.05) is 16.8 Å². The van der Waals surface area contributed by atoms with Gasteiger partial charge in [-0.2, -0.15) is 11.3 Å². The minimum atomic E-state index is -0.270. The van der Waals surface area contributed by atoms with Crippen molar-refractivity contribution in [3.63, 3.8) is 0 Å². The summed E-state index contributed by atoms with van der Waals surface area (Å²) in [5.74, 6) is 0.272. The average Bonchev–Trinajstić information content (AvgIpc) is 2.85. The molecule has 0 saturated heterocycles. The topological polar surface area (TPSA) is 55.5 Å². The molecule has 6 heteroatoms. The van der Waals surface area contributed by atoms with Crippen molar-refractivity contribution in [1.29, 1.82) is 0 Å². The average molecular weight is 306 g/mol. The smallest absolute Gasteiger partial charge is 0.176 e. The number of halogens is 2. The number of phenols is 1. The lowest BCUT2D eigenvalue weighted by Crippen LogP contribution is -2.11. The molecule has 0 aliphatic heterocycles. The first-order chi connectivity index (χ1) is 8.13. The Morgan fingerprint density at radius 1 is 1.39 bits per heavy atom. The maximum absolute atomic E-state index is 9.64. The number of rotatable bonds is 3. The second-order valence-corrected chi connectivity index (χ2v) is 4.78. The fourth-order valence-electron chi connectivity index (χ4n) is 1.57. The molecule has 3 N–H and O–H groups in total. The van der Waals surface area contributed by atoms with Crippen molar-refractivity contribution >= 4 is 35.3 Å². The lowest BCUT2D eigenvalue weighted by atomic mass is 10.0. The Bertz CT molecular complexity index is 517. The van der Waals surface area contributed by atoms with Crippen LogP contribution >= 0.6 is 35.3 Å². The Balaban J connectivity index is 0.00000162. The second-order valence-electron chi connectivity index (χ2n) is 3.59. The minimum absolute atomic E-state index is 0. The van der Waals surface area contributed by atoms with Gasteiger partial charge in [-0.1, -0.05) is 11.6 Å². The number of nitrogens with two attached hydrogens (primary N) is 1. The van der Waals surface area contributed by atoms with E-state index < -0.39 is 0 Å². The lowest BCUT2D eigenvalue weighted by molar-refractivity contribution is 0.373. The van der Waals surface area contributed by atoms with Crippen molar-refractivity contribution in [3.8, 4) is 11.5 Å². The van der Waals surface area contributed by atoms with Crippen LogP contribution in [0.25, 0.3) is 0 Å². The quantitative estimate of drug-likeness (QED) is 0.911. The van der Waals surface area contributed by atoms with Gasteiger partial charge < -0.3 is 15.6 Å². The number of hydrogen-bond donors (Lipinski definition) is 2. The Morgan fingerprint density at radius 3 is 2.67 bits per heavy atom. The van der Waals surface area contributed by atoms with Crippen molar-refractivity contribution in [2.45, 2.75) is 6.04 Å². The van der Waals surface area contributed by atoms with E-state index in [0.717, 1.165) is 11.1 Å². The first-order valence-electron chi connectivity index (χ1n) is 4.97. The van der Waals surface area contributed by atoms with Crippen molar-refractivity contribution in [2.24, 2.45) is 5.73 Å². The summed E-state index contributed by atoms with van der Waals surface area (Å²) in [7, 11) is 1.48. The molecule has 18 heavy (non-hydrogen) atoms. The molecule has 0 aliphatic rings. The zero-order chi connectivity index (χ0) is 12.4. The van der Waals surface area contributed by atoms with Gasteiger partial charge in [0.25, 0.3) is 0 Å². The molecule has 2 rings (SSSR count). The summed E-state index contributed by atoms with van der Waals surface area (Å²) in [5, 5.41) is 13.8. The first-order valence-corrected chi connectivity index (χ1v) is 6.29. The molecule has 0 amide bonds. The summed E-state index contributed by atoms with van der Waals surface area (Å²) in [6.07, 6.45) is 0. The van der Waals surface area contributed by atoms with Gasteiger partial charge in [-0.05, 0) is 40.1 Å². The SMILES string of the molecule is COc1cc([C@@H](N)c2ccsc2)cc(Cl)c1O.Cl. The number of phenolic OH excluding ortho intramolecular Hbond substituents is 1. The number of thiophene rings is 1. The largest absolute Gasteiger partial charge is 0.503 e. The van der Waals surface area contributed by atoms with Gasteiger partial charge in [0.15, 0.2) is 11.5 Å². The van der Waals surface area contributed by atoms with E-state index in [9.17, 15) is 5.11 Å². The molecule has 0 fully saturated rings. The van der Waals surface area contributed by atoms with Crippen LogP contribution < -0.4 is 10.5 Å². The predicted molar refractivity (Wildman–Crippen MR) is 77.3 cm³/mol. The molecule has 1 atom stereocenters. The third-order valence-electron chi connectivity index (χ3n) is 2.53. The van der Waals surface area contributed by atoms with Crippen molar-refractivity contribution < 1.29 is 9.84 Å². The highest BCUT2D eigenvalue weighted by Gasteiger charge is 2.15. The molecule has 1 aromatic heterocycles. The molecule has 98 valence electrons. The van der Waals surface area contributed by atoms with Crippen LogP contribution in [0.5, 0.6) is 11.5 Å². The van der Waals surface area contributed by atoms with Gasteiger partial charge in [-0.25, -0.2) is 0 Å². The third-order valence-corrected chi connectivity index (χ3v) is 3.52. The summed E-state index contributed by atoms with van der Waals surface area (Å²) in [4.78, 5) is 0. The van der Waals surface area contributed by atoms with Gasteiger partial charge >= 0.3 is 0 Å². The van der Waals surface area contributed by atoms with Crippen LogP contribution in [0.2, 0.25) is 5.02 Å². The van der Waals surface area contributed by atoms with E-state index in [2.05, 4.69) is 0 Å². The zero-order valence-corrected chi connectivity index (χ0v) is 12.0. The number of aromatic hydroxyl groups is 1. The molecular formula is C12H13Cl2NO2S.